The Hall–Kier alpha value is -10.6. The van der Waals surface area contributed by atoms with Crippen LogP contribution in [0, 0.1) is 74.5 Å². The van der Waals surface area contributed by atoms with E-state index in [2.05, 4.69) is 244 Å². The third kappa shape index (κ3) is 13.1. The predicted molar refractivity (Wildman–Crippen MR) is 415 cm³/mol. The van der Waals surface area contributed by atoms with Gasteiger partial charge in [0.1, 0.15) is 28.2 Å². The Kier molecular flexibility index (Phi) is 15.6. The summed E-state index contributed by atoms with van der Waals surface area (Å²) < 4.78 is 71.6. The molecule has 7 heterocycles. The van der Waals surface area contributed by atoms with Gasteiger partial charge in [-0.15, -0.1) is 0 Å². The van der Waals surface area contributed by atoms with Gasteiger partial charge in [0.15, 0.2) is 24.8 Å². The summed E-state index contributed by atoms with van der Waals surface area (Å²) in [5, 5.41) is 0. The van der Waals surface area contributed by atoms with Gasteiger partial charge in [-0.1, -0.05) is 112 Å². The average molecular weight is 1330 g/mol. The number of pyridine rings is 7. The summed E-state index contributed by atoms with van der Waals surface area (Å²) in [7, 11) is 8.10. The first kappa shape index (κ1) is 58.2. The Bertz CT molecular complexity index is 5830. The highest BCUT2D eigenvalue weighted by molar-refractivity contribution is 5.94. The molecule has 4 aliphatic carbocycles. The number of nitrogens with zero attached hydrogens (tertiary/aromatic N) is 7. The predicted octanol–water partition coefficient (Wildman–Crippen LogP) is 19.5. The van der Waals surface area contributed by atoms with Crippen molar-refractivity contribution in [2.45, 2.75) is 122 Å². The number of rotatable bonds is 6. The minimum absolute atomic E-state index is 0.173. The first-order chi connectivity index (χ1) is 51.7. The Morgan fingerprint density at radius 3 is 1.42 bits per heavy atom. The van der Waals surface area contributed by atoms with Crippen LogP contribution >= 0.6 is 0 Å². The maximum Gasteiger partial charge on any atom is 0.212 e. The van der Waals surface area contributed by atoms with E-state index < -0.39 is 25.5 Å². The zero-order valence-corrected chi connectivity index (χ0v) is 61.1. The molecule has 0 atom stereocenters. The van der Waals surface area contributed by atoms with E-state index in [4.69, 9.17) is 20.9 Å². The lowest BCUT2D eigenvalue weighted by molar-refractivity contribution is -0.661. The third-order valence-corrected chi connectivity index (χ3v) is 20.9. The summed E-state index contributed by atoms with van der Waals surface area (Å²) in [6, 6.07) is 63.4. The van der Waals surface area contributed by atoms with Crippen LogP contribution in [0.4, 0.5) is 0 Å². The molecule has 13 aromatic rings. The molecule has 0 saturated heterocycles. The van der Waals surface area contributed by atoms with Crippen LogP contribution in [0.1, 0.15) is 138 Å². The molecule has 101 heavy (non-hydrogen) atoms. The molecule has 0 bridgehead atoms. The van der Waals surface area contributed by atoms with Crippen molar-refractivity contribution in [1.29, 1.82) is 0 Å². The van der Waals surface area contributed by atoms with Gasteiger partial charge in [0, 0.05) is 134 Å². The molecule has 6 aromatic carbocycles. The molecule has 0 aliphatic heterocycles. The maximum atomic E-state index is 8.85. The molecule has 0 fully saturated rings. The summed E-state index contributed by atoms with van der Waals surface area (Å²) in [6.07, 6.45) is 9.87. The first-order valence-electron chi connectivity index (χ1n) is 39.2. The van der Waals surface area contributed by atoms with Crippen LogP contribution in [0.5, 0.6) is 0 Å². The Morgan fingerprint density at radius 2 is 0.851 bits per heavy atom. The molecule has 4 aliphatic rings. The van der Waals surface area contributed by atoms with E-state index in [1.807, 2.05) is 71.6 Å². The van der Waals surface area contributed by atoms with Gasteiger partial charge in [-0.3, -0.25) is 15.0 Å². The first-order valence-corrected chi connectivity index (χ1v) is 35.2. The van der Waals surface area contributed by atoms with Crippen molar-refractivity contribution in [3.8, 4) is 101 Å². The van der Waals surface area contributed by atoms with Crippen molar-refractivity contribution in [3.63, 3.8) is 0 Å². The van der Waals surface area contributed by atoms with Crippen molar-refractivity contribution in [3.05, 3.63) is 313 Å². The molecule has 17 rings (SSSR count). The van der Waals surface area contributed by atoms with Gasteiger partial charge >= 0.3 is 0 Å². The largest absolute Gasteiger partial charge is 0.257 e. The smallest absolute Gasteiger partial charge is 0.212 e. The van der Waals surface area contributed by atoms with Crippen LogP contribution in [0.2, 0.25) is 0 Å². The Balaban J connectivity index is 0.000000123. The number of benzene rings is 6. The van der Waals surface area contributed by atoms with Crippen LogP contribution in [-0.2, 0) is 60.2 Å². The van der Waals surface area contributed by atoms with E-state index in [-0.39, 0.29) is 5.69 Å². The second-order valence-corrected chi connectivity index (χ2v) is 29.1. The number of aryl methyl sites for hydroxylation is 10. The highest BCUT2D eigenvalue weighted by Crippen LogP contribution is 2.48. The second kappa shape index (κ2) is 27.1. The fraction of sp³-hybridized carbons (Fsp3) is 0.245. The molecule has 0 spiro atoms. The molecule has 7 aromatic heterocycles. The molecular weight excluding hydrogens is 1230 g/mol. The molecule has 7 nitrogen and oxygen atoms in total. The molecule has 0 radical (unpaired) electrons. The van der Waals surface area contributed by atoms with Crippen LogP contribution in [-0.4, -0.2) is 15.0 Å². The van der Waals surface area contributed by atoms with Crippen LogP contribution < -0.4 is 18.3 Å². The van der Waals surface area contributed by atoms with Crippen LogP contribution in [0.25, 0.3) is 101 Å². The SMILES string of the molecule is Cc1ccc2c(n1)Cc1c-2ccc(-c2cccc[n+]2C)c1C.[2H]C([2H])([2H])c1ccc(-c2ccc3c(c2C)Cc2nc(C)ccc2-3)[n+](C)c1.[2H]C([2H])([2H])c1ccc2c(n1)Cc1c-2ccc(-c2cc(C)cc[n+]2C)c1C.[2H]C([2H])(c1c[n+](C)c(-c2cc(-c3ccccc3)c3c(c2C)Cc2ccccc2-3)cc1C)C(C)(C)C. The minimum atomic E-state index is -2.17. The second-order valence-electron chi connectivity index (χ2n) is 29.1. The zero-order valence-electron chi connectivity index (χ0n) is 69.1. The van der Waals surface area contributed by atoms with E-state index in [1.165, 1.54) is 139 Å². The fourth-order valence-electron chi connectivity index (χ4n) is 15.7. The highest BCUT2D eigenvalue weighted by atomic mass is 14.9. The minimum Gasteiger partial charge on any atom is -0.257 e. The molecule has 502 valence electrons. The van der Waals surface area contributed by atoms with Crippen molar-refractivity contribution < 1.29 is 29.2 Å². The topological polar surface area (TPSA) is 54.2 Å². The van der Waals surface area contributed by atoms with Crippen molar-refractivity contribution >= 4 is 0 Å². The number of hydrogen-bond acceptors (Lipinski definition) is 3. The van der Waals surface area contributed by atoms with Gasteiger partial charge < -0.3 is 0 Å². The van der Waals surface area contributed by atoms with Crippen molar-refractivity contribution in [2.24, 2.45) is 33.6 Å². The van der Waals surface area contributed by atoms with E-state index in [9.17, 15) is 0 Å². The molecule has 0 saturated carbocycles. The van der Waals surface area contributed by atoms with E-state index in [0.717, 1.165) is 75.7 Å². The Morgan fingerprint density at radius 1 is 0.366 bits per heavy atom. The molecular formula is C94H95N7+4. The highest BCUT2D eigenvalue weighted by Gasteiger charge is 2.31. The zero-order chi connectivity index (χ0) is 77.7. The lowest BCUT2D eigenvalue weighted by Gasteiger charge is -2.20. The molecule has 0 unspecified atom stereocenters. The third-order valence-electron chi connectivity index (χ3n) is 20.9. The van der Waals surface area contributed by atoms with Gasteiger partial charge in [-0.25, -0.2) is 18.3 Å². The van der Waals surface area contributed by atoms with Gasteiger partial charge in [0.2, 0.25) is 22.8 Å². The summed E-state index contributed by atoms with van der Waals surface area (Å²) in [5.41, 5.74) is 42.2. The lowest BCUT2D eigenvalue weighted by atomic mass is 9.85. The van der Waals surface area contributed by atoms with E-state index in [0.29, 0.717) is 12.0 Å². The molecule has 0 N–H and O–H groups in total. The van der Waals surface area contributed by atoms with E-state index in [1.54, 1.807) is 18.3 Å². The normalized spacial score (nSPS) is 13.9. The fourth-order valence-corrected chi connectivity index (χ4v) is 15.7. The quantitative estimate of drug-likeness (QED) is 0.156. The van der Waals surface area contributed by atoms with Gasteiger partial charge in [0.25, 0.3) is 0 Å². The number of hydrogen-bond donors (Lipinski definition) is 0. The number of fused-ring (bicyclic) bond motifs is 12. The summed E-state index contributed by atoms with van der Waals surface area (Å²) in [6.45, 7) is 18.6. The summed E-state index contributed by atoms with van der Waals surface area (Å²) in [4.78, 5) is 13.9. The monoisotopic (exact) mass is 1330 g/mol. The summed E-state index contributed by atoms with van der Waals surface area (Å²) >= 11 is 0. The number of aromatic nitrogens is 7. The standard InChI is InChI=1S/C32H34N.2C21H21N2.C20H19N2/c1-21-16-30(33(6)20-25(21)19-32(3,4)5)27-18-29(23-12-8-7-9-13-23)31-26-15-11-10-14-24(26)17-28(31)22(27)2;1-13-5-10-21(23(4)12-13)16-8-9-17-18-7-6-14(2)22-20(18)11-19(17)15(16)3;1-13-9-10-23(4)21(11-13)16-7-8-17-18-6-5-14(2)22-20(18)12-19(17)15(16)3;1-13-7-8-17-16-10-9-15(20-6-4-5-11-22(20)3)14(2)18(16)12-19(17)21-13/h7-16,18,20H,17,19H2,1-6H3;5-10,12H,11H2,1-4H3;5-11H,12H2,1-4H3;4-11H,12H2,1-3H3/q4*+1/i19D2;1D3;2D3;. The van der Waals surface area contributed by atoms with E-state index >= 15 is 0 Å². The van der Waals surface area contributed by atoms with Crippen LogP contribution in [0.3, 0.4) is 0 Å². The summed E-state index contributed by atoms with van der Waals surface area (Å²) in [5.74, 6) is 0. The molecule has 7 heteroatoms. The maximum absolute atomic E-state index is 8.85. The van der Waals surface area contributed by atoms with Crippen LogP contribution in [0.15, 0.2) is 207 Å². The van der Waals surface area contributed by atoms with Gasteiger partial charge in [-0.2, -0.15) is 0 Å². The van der Waals surface area contributed by atoms with Crippen molar-refractivity contribution in [1.82, 2.24) is 15.0 Å². The average Bonchev–Trinajstić information content (AvgIpc) is 1.69. The van der Waals surface area contributed by atoms with Crippen molar-refractivity contribution in [2.75, 3.05) is 0 Å². The Labute approximate surface area is 610 Å². The van der Waals surface area contributed by atoms with Gasteiger partial charge in [-0.05, 0) is 242 Å². The molecule has 0 amide bonds. The lowest BCUT2D eigenvalue weighted by Crippen LogP contribution is -2.32. The van der Waals surface area contributed by atoms with Gasteiger partial charge in [0.05, 0.1) is 17.1 Å².